The Morgan fingerprint density at radius 1 is 1.15 bits per heavy atom. The summed E-state index contributed by atoms with van der Waals surface area (Å²) < 4.78 is 5.88. The van der Waals surface area contributed by atoms with E-state index in [2.05, 4.69) is 30.4 Å². The van der Waals surface area contributed by atoms with Crippen molar-refractivity contribution in [1.29, 1.82) is 0 Å². The molecule has 2 aromatic carbocycles. The first-order valence-corrected chi connectivity index (χ1v) is 9.86. The number of carboxylic acid groups (broad SMARTS) is 1. The van der Waals surface area contributed by atoms with Gasteiger partial charge < -0.3 is 15.2 Å². The average molecular weight is 408 g/mol. The normalized spacial score (nSPS) is 13.9. The van der Waals surface area contributed by atoms with E-state index in [1.807, 2.05) is 0 Å². The lowest BCUT2D eigenvalue weighted by molar-refractivity contribution is -0.136. The highest BCUT2D eigenvalue weighted by atomic mass is 35.5. The number of aryl methyl sites for hydroxylation is 2. The Morgan fingerprint density at radius 2 is 1.85 bits per heavy atom. The number of nitrogens with one attached hydrogen (secondary N) is 1. The molecule has 1 aliphatic carbocycles. The maximum atomic E-state index is 10.7. The molecule has 0 aromatic heterocycles. The number of hydrogen-bond donors (Lipinski definition) is 2. The number of anilines is 1. The molecule has 2 aromatic rings. The molecule has 27 heavy (non-hydrogen) atoms. The summed E-state index contributed by atoms with van der Waals surface area (Å²) in [5.74, 6) is -0.430. The Labute approximate surface area is 169 Å². The van der Waals surface area contributed by atoms with Gasteiger partial charge in [0, 0.05) is 18.2 Å². The maximum Gasteiger partial charge on any atom is 0.303 e. The van der Waals surface area contributed by atoms with E-state index in [0.717, 1.165) is 16.8 Å². The van der Waals surface area contributed by atoms with Gasteiger partial charge >= 0.3 is 5.97 Å². The third-order valence-corrected chi connectivity index (χ3v) is 5.24. The molecule has 1 aliphatic rings. The zero-order chi connectivity index (χ0) is 19.4. The largest absolute Gasteiger partial charge is 0.486 e. The zero-order valence-electron chi connectivity index (χ0n) is 15.2. The number of halogens is 2. The van der Waals surface area contributed by atoms with Gasteiger partial charge in [0.05, 0.1) is 10.0 Å². The summed E-state index contributed by atoms with van der Waals surface area (Å²) >= 11 is 12.6. The van der Waals surface area contributed by atoms with Crippen LogP contribution in [-0.2, 0) is 17.8 Å². The predicted octanol–water partition coefficient (Wildman–Crippen LogP) is 5.86. The lowest BCUT2D eigenvalue weighted by atomic mass is 9.93. The maximum absolute atomic E-state index is 10.7. The minimum atomic E-state index is -0.853. The minimum absolute atomic E-state index is 0.0346. The van der Waals surface area contributed by atoms with E-state index in [1.165, 1.54) is 24.8 Å². The van der Waals surface area contributed by atoms with Crippen molar-refractivity contribution in [1.82, 2.24) is 0 Å². The van der Waals surface area contributed by atoms with Crippen LogP contribution in [0.2, 0.25) is 10.0 Å². The minimum Gasteiger partial charge on any atom is -0.486 e. The fraction of sp³-hybridized carbons (Fsp3) is 0.381. The quantitative estimate of drug-likeness (QED) is 0.574. The molecule has 0 amide bonds. The van der Waals surface area contributed by atoms with E-state index in [-0.39, 0.29) is 6.42 Å². The van der Waals surface area contributed by atoms with Gasteiger partial charge in [-0.3, -0.25) is 4.79 Å². The molecule has 1 saturated carbocycles. The Bertz CT molecular complexity index is 811. The van der Waals surface area contributed by atoms with Gasteiger partial charge in [-0.25, -0.2) is 0 Å². The molecule has 3 rings (SSSR count). The molecule has 0 spiro atoms. The van der Waals surface area contributed by atoms with Gasteiger partial charge in [-0.15, -0.1) is 0 Å². The van der Waals surface area contributed by atoms with Crippen LogP contribution < -0.4 is 10.1 Å². The fourth-order valence-corrected chi connectivity index (χ4v) is 3.76. The van der Waals surface area contributed by atoms with Gasteiger partial charge in [0.1, 0.15) is 6.61 Å². The molecule has 1 fully saturated rings. The van der Waals surface area contributed by atoms with Crippen LogP contribution in [0.5, 0.6) is 5.75 Å². The molecule has 144 valence electrons. The average Bonchev–Trinajstić information content (AvgIpc) is 2.55. The number of benzene rings is 2. The molecule has 0 aliphatic heterocycles. The first kappa shape index (κ1) is 19.8. The number of aliphatic carboxylic acids is 1. The highest BCUT2D eigenvalue weighted by Gasteiger charge is 2.17. The third-order valence-electron chi connectivity index (χ3n) is 4.68. The molecular formula is C21H23Cl2NO3. The monoisotopic (exact) mass is 407 g/mol. The summed E-state index contributed by atoms with van der Waals surface area (Å²) in [5, 5.41) is 13.1. The summed E-state index contributed by atoms with van der Waals surface area (Å²) in [6, 6.07) is 10.3. The number of carboxylic acids is 1. The van der Waals surface area contributed by atoms with Crippen molar-refractivity contribution in [2.75, 3.05) is 5.32 Å². The lowest BCUT2D eigenvalue weighted by Crippen LogP contribution is -2.27. The molecule has 2 N–H and O–H groups in total. The van der Waals surface area contributed by atoms with Crippen LogP contribution >= 0.6 is 23.2 Å². The van der Waals surface area contributed by atoms with Gasteiger partial charge in [0.25, 0.3) is 0 Å². The number of carbonyl (C=O) groups is 1. The van der Waals surface area contributed by atoms with Crippen LogP contribution in [0.4, 0.5) is 5.69 Å². The number of rotatable bonds is 8. The van der Waals surface area contributed by atoms with E-state index in [0.29, 0.717) is 34.9 Å². The van der Waals surface area contributed by atoms with E-state index >= 15 is 0 Å². The number of hydrogen-bond acceptors (Lipinski definition) is 3. The van der Waals surface area contributed by atoms with Crippen molar-refractivity contribution in [2.45, 2.75) is 51.7 Å². The second-order valence-corrected chi connectivity index (χ2v) is 7.86. The molecule has 0 heterocycles. The Balaban J connectivity index is 1.68. The van der Waals surface area contributed by atoms with Crippen LogP contribution in [0, 0.1) is 6.92 Å². The topological polar surface area (TPSA) is 58.6 Å². The van der Waals surface area contributed by atoms with Crippen molar-refractivity contribution in [2.24, 2.45) is 0 Å². The molecule has 6 heteroatoms. The standard InChI is InChI=1S/C21H23Cl2NO3/c1-13-7-15(9-17(8-13)24-16-3-2-4-16)12-27-21-18(22)10-14(11-19(21)23)5-6-20(25)26/h7-11,16,24H,2-6,12H2,1H3,(H,25,26). The Hall–Kier alpha value is -1.91. The molecular weight excluding hydrogens is 385 g/mol. The summed E-state index contributed by atoms with van der Waals surface area (Å²) in [6.45, 7) is 2.42. The predicted molar refractivity (Wildman–Crippen MR) is 109 cm³/mol. The van der Waals surface area contributed by atoms with Crippen molar-refractivity contribution in [3.05, 3.63) is 57.1 Å². The van der Waals surface area contributed by atoms with Crippen LogP contribution in [-0.4, -0.2) is 17.1 Å². The highest BCUT2D eigenvalue weighted by Crippen LogP contribution is 2.35. The van der Waals surface area contributed by atoms with E-state index in [9.17, 15) is 4.79 Å². The smallest absolute Gasteiger partial charge is 0.303 e. The Kier molecular flexibility index (Phi) is 6.51. The van der Waals surface area contributed by atoms with Crippen LogP contribution in [0.25, 0.3) is 0 Å². The van der Waals surface area contributed by atoms with E-state index < -0.39 is 5.97 Å². The Morgan fingerprint density at radius 3 is 2.44 bits per heavy atom. The second-order valence-electron chi connectivity index (χ2n) is 7.05. The zero-order valence-corrected chi connectivity index (χ0v) is 16.7. The van der Waals surface area contributed by atoms with Crippen molar-refractivity contribution >= 4 is 34.9 Å². The molecule has 0 bridgehead atoms. The van der Waals surface area contributed by atoms with Crippen LogP contribution in [0.3, 0.4) is 0 Å². The first-order chi connectivity index (χ1) is 12.9. The molecule has 0 radical (unpaired) electrons. The summed E-state index contributed by atoms with van der Waals surface area (Å²) in [7, 11) is 0. The summed E-state index contributed by atoms with van der Waals surface area (Å²) in [4.78, 5) is 10.7. The van der Waals surface area contributed by atoms with Gasteiger partial charge in [-0.05, 0) is 73.6 Å². The van der Waals surface area contributed by atoms with Gasteiger partial charge in [0.2, 0.25) is 0 Å². The third kappa shape index (κ3) is 5.53. The van der Waals surface area contributed by atoms with Gasteiger partial charge in [-0.2, -0.15) is 0 Å². The number of ether oxygens (including phenoxy) is 1. The van der Waals surface area contributed by atoms with Crippen LogP contribution in [0.15, 0.2) is 30.3 Å². The van der Waals surface area contributed by atoms with E-state index in [1.54, 1.807) is 12.1 Å². The van der Waals surface area contributed by atoms with Crippen molar-refractivity contribution in [3.8, 4) is 5.75 Å². The first-order valence-electron chi connectivity index (χ1n) is 9.10. The van der Waals surface area contributed by atoms with Gasteiger partial charge in [0.15, 0.2) is 5.75 Å². The molecule has 0 unspecified atom stereocenters. The molecule has 0 saturated heterocycles. The summed E-state index contributed by atoms with van der Waals surface area (Å²) in [5.41, 5.74) is 4.10. The van der Waals surface area contributed by atoms with Crippen LogP contribution in [0.1, 0.15) is 42.4 Å². The SMILES string of the molecule is Cc1cc(COc2c(Cl)cc(CCC(=O)O)cc2Cl)cc(NC2CCC2)c1. The summed E-state index contributed by atoms with van der Waals surface area (Å²) in [6.07, 6.45) is 4.15. The van der Waals surface area contributed by atoms with Gasteiger partial charge in [-0.1, -0.05) is 29.3 Å². The lowest BCUT2D eigenvalue weighted by Gasteiger charge is -2.28. The molecule has 0 atom stereocenters. The van der Waals surface area contributed by atoms with Crippen molar-refractivity contribution < 1.29 is 14.6 Å². The fourth-order valence-electron chi connectivity index (χ4n) is 3.12. The molecule has 4 nitrogen and oxygen atoms in total. The van der Waals surface area contributed by atoms with E-state index in [4.69, 9.17) is 33.0 Å². The second kappa shape index (κ2) is 8.85. The van der Waals surface area contributed by atoms with Crippen molar-refractivity contribution in [3.63, 3.8) is 0 Å². The highest BCUT2D eigenvalue weighted by molar-refractivity contribution is 6.37.